The number of aromatic nitrogens is 1. The summed E-state index contributed by atoms with van der Waals surface area (Å²) in [4.78, 5) is 18.5. The topological polar surface area (TPSA) is 54.5 Å². The fourth-order valence-electron chi connectivity index (χ4n) is 2.15. The van der Waals surface area contributed by atoms with E-state index in [0.717, 1.165) is 37.6 Å². The highest BCUT2D eigenvalue weighted by atomic mass is 32.1. The second-order valence-corrected chi connectivity index (χ2v) is 5.87. The first-order valence-corrected chi connectivity index (χ1v) is 7.50. The molecule has 1 aliphatic heterocycles. The van der Waals surface area contributed by atoms with Crippen LogP contribution in [0.1, 0.15) is 37.2 Å². The molecule has 0 bridgehead atoms. The average Bonchev–Trinajstić information content (AvgIpc) is 2.88. The second kappa shape index (κ2) is 5.88. The van der Waals surface area contributed by atoms with E-state index in [1.54, 1.807) is 7.11 Å². The van der Waals surface area contributed by atoms with E-state index in [1.807, 2.05) is 17.2 Å². The zero-order valence-electron chi connectivity index (χ0n) is 11.7. The van der Waals surface area contributed by atoms with Gasteiger partial charge in [0.05, 0.1) is 5.60 Å². The minimum absolute atomic E-state index is 0.0264. The van der Waals surface area contributed by atoms with Gasteiger partial charge < -0.3 is 15.0 Å². The third-order valence-corrected chi connectivity index (χ3v) is 4.45. The summed E-state index contributed by atoms with van der Waals surface area (Å²) in [5, 5.41) is 5.76. The lowest BCUT2D eigenvalue weighted by Crippen LogP contribution is -2.46. The molecule has 6 heteroatoms. The molecule has 19 heavy (non-hydrogen) atoms. The summed E-state index contributed by atoms with van der Waals surface area (Å²) in [6, 6.07) is 0. The lowest BCUT2D eigenvalue weighted by atomic mass is 9.93. The first kappa shape index (κ1) is 14.3. The molecule has 2 heterocycles. The van der Waals surface area contributed by atoms with Gasteiger partial charge in [0.15, 0.2) is 5.13 Å². The molecule has 1 aliphatic rings. The number of thiazole rings is 1. The lowest BCUT2D eigenvalue weighted by molar-refractivity contribution is -0.0380. The summed E-state index contributed by atoms with van der Waals surface area (Å²) in [5.41, 5.74) is 0.454. The van der Waals surface area contributed by atoms with Gasteiger partial charge in [0, 0.05) is 32.1 Å². The van der Waals surface area contributed by atoms with Crippen LogP contribution in [-0.4, -0.2) is 48.1 Å². The Morgan fingerprint density at radius 3 is 2.84 bits per heavy atom. The van der Waals surface area contributed by atoms with Crippen LogP contribution in [0.25, 0.3) is 0 Å². The molecule has 1 amide bonds. The largest absolute Gasteiger partial charge is 0.378 e. The summed E-state index contributed by atoms with van der Waals surface area (Å²) in [5.74, 6) is 0.0264. The van der Waals surface area contributed by atoms with Crippen molar-refractivity contribution in [1.29, 1.82) is 0 Å². The Morgan fingerprint density at radius 2 is 2.26 bits per heavy atom. The van der Waals surface area contributed by atoms with E-state index in [2.05, 4.69) is 17.2 Å². The van der Waals surface area contributed by atoms with Crippen molar-refractivity contribution in [2.45, 2.75) is 32.3 Å². The number of piperidine rings is 1. The number of amides is 1. The predicted molar refractivity (Wildman–Crippen MR) is 76.8 cm³/mol. The third-order valence-electron chi connectivity index (χ3n) is 3.65. The smallest absolute Gasteiger partial charge is 0.273 e. The highest BCUT2D eigenvalue weighted by Crippen LogP contribution is 2.26. The van der Waals surface area contributed by atoms with Gasteiger partial charge in [-0.05, 0) is 26.7 Å². The van der Waals surface area contributed by atoms with E-state index in [4.69, 9.17) is 4.74 Å². The highest BCUT2D eigenvalue weighted by molar-refractivity contribution is 7.13. The molecule has 0 atom stereocenters. The normalized spacial score (nSPS) is 18.4. The summed E-state index contributed by atoms with van der Waals surface area (Å²) in [6.45, 7) is 6.39. The number of likely N-dealkylation sites (tertiary alicyclic amines) is 1. The van der Waals surface area contributed by atoms with Gasteiger partial charge in [0.2, 0.25) is 0 Å². The fourth-order valence-corrected chi connectivity index (χ4v) is 2.91. The van der Waals surface area contributed by atoms with Crippen LogP contribution in [0, 0.1) is 0 Å². The van der Waals surface area contributed by atoms with E-state index in [-0.39, 0.29) is 11.5 Å². The number of methoxy groups -OCH3 is 1. The summed E-state index contributed by atoms with van der Waals surface area (Å²) < 4.78 is 5.49. The summed E-state index contributed by atoms with van der Waals surface area (Å²) >= 11 is 1.48. The van der Waals surface area contributed by atoms with Gasteiger partial charge in [-0.2, -0.15) is 0 Å². The Kier molecular flexibility index (Phi) is 4.42. The Bertz CT molecular complexity index is 439. The zero-order chi connectivity index (χ0) is 13.9. The number of anilines is 1. The number of carbonyl (C=O) groups excluding carboxylic acids is 1. The van der Waals surface area contributed by atoms with Crippen LogP contribution in [0.2, 0.25) is 0 Å². The summed E-state index contributed by atoms with van der Waals surface area (Å²) in [7, 11) is 1.74. The SMILES string of the molecule is CCNc1nc(C(=O)N2CCC(C)(OC)CC2)cs1. The number of nitrogens with zero attached hydrogens (tertiary/aromatic N) is 2. The number of nitrogens with one attached hydrogen (secondary N) is 1. The van der Waals surface area contributed by atoms with Crippen LogP contribution >= 0.6 is 11.3 Å². The third kappa shape index (κ3) is 3.25. The first-order valence-electron chi connectivity index (χ1n) is 6.62. The number of rotatable bonds is 4. The molecule has 2 rings (SSSR count). The van der Waals surface area contributed by atoms with Gasteiger partial charge in [-0.25, -0.2) is 4.98 Å². The molecular formula is C13H21N3O2S. The average molecular weight is 283 g/mol. The maximum Gasteiger partial charge on any atom is 0.273 e. The molecule has 0 unspecified atom stereocenters. The van der Waals surface area contributed by atoms with Crippen molar-refractivity contribution in [2.75, 3.05) is 32.1 Å². The number of carbonyl (C=O) groups is 1. The predicted octanol–water partition coefficient (Wildman–Crippen LogP) is 2.22. The molecule has 0 saturated carbocycles. The minimum Gasteiger partial charge on any atom is -0.378 e. The minimum atomic E-state index is -0.0895. The van der Waals surface area contributed by atoms with Crippen molar-refractivity contribution in [3.8, 4) is 0 Å². The van der Waals surface area contributed by atoms with Crippen molar-refractivity contribution >= 4 is 22.4 Å². The van der Waals surface area contributed by atoms with Gasteiger partial charge in [-0.3, -0.25) is 4.79 Å². The lowest BCUT2D eigenvalue weighted by Gasteiger charge is -2.38. The van der Waals surface area contributed by atoms with E-state index in [0.29, 0.717) is 5.69 Å². The molecule has 1 aromatic rings. The maximum absolute atomic E-state index is 12.3. The number of ether oxygens (including phenoxy) is 1. The molecule has 1 aromatic heterocycles. The van der Waals surface area contributed by atoms with E-state index >= 15 is 0 Å². The Morgan fingerprint density at radius 1 is 1.58 bits per heavy atom. The van der Waals surface area contributed by atoms with E-state index < -0.39 is 0 Å². The van der Waals surface area contributed by atoms with Crippen molar-refractivity contribution in [1.82, 2.24) is 9.88 Å². The Balaban J connectivity index is 1.97. The maximum atomic E-state index is 12.3. The van der Waals surface area contributed by atoms with Crippen molar-refractivity contribution in [3.05, 3.63) is 11.1 Å². The number of hydrogen-bond acceptors (Lipinski definition) is 5. The van der Waals surface area contributed by atoms with Crippen LogP contribution in [-0.2, 0) is 4.74 Å². The standard InChI is InChI=1S/C13H21N3O2S/c1-4-14-12-15-10(9-19-12)11(17)16-7-5-13(2,18-3)6-8-16/h9H,4-8H2,1-3H3,(H,14,15). The van der Waals surface area contributed by atoms with Crippen molar-refractivity contribution in [2.24, 2.45) is 0 Å². The van der Waals surface area contributed by atoms with Crippen molar-refractivity contribution < 1.29 is 9.53 Å². The van der Waals surface area contributed by atoms with Crippen LogP contribution in [0.3, 0.4) is 0 Å². The molecule has 0 aromatic carbocycles. The van der Waals surface area contributed by atoms with Crippen molar-refractivity contribution in [3.63, 3.8) is 0 Å². The molecule has 1 saturated heterocycles. The highest BCUT2D eigenvalue weighted by Gasteiger charge is 2.32. The van der Waals surface area contributed by atoms with E-state index in [1.165, 1.54) is 11.3 Å². The molecule has 1 fully saturated rings. The Hall–Kier alpha value is -1.14. The first-order chi connectivity index (χ1) is 9.08. The van der Waals surface area contributed by atoms with Gasteiger partial charge >= 0.3 is 0 Å². The molecule has 106 valence electrons. The van der Waals surface area contributed by atoms with Crippen LogP contribution in [0.4, 0.5) is 5.13 Å². The zero-order valence-corrected chi connectivity index (χ0v) is 12.5. The molecule has 5 nitrogen and oxygen atoms in total. The van der Waals surface area contributed by atoms with Gasteiger partial charge in [-0.1, -0.05) is 0 Å². The van der Waals surface area contributed by atoms with E-state index in [9.17, 15) is 4.79 Å². The van der Waals surface area contributed by atoms with Gasteiger partial charge in [0.25, 0.3) is 5.91 Å². The van der Waals surface area contributed by atoms with Crippen LogP contribution in [0.5, 0.6) is 0 Å². The quantitative estimate of drug-likeness (QED) is 0.920. The van der Waals surface area contributed by atoms with Crippen LogP contribution < -0.4 is 5.32 Å². The molecule has 0 radical (unpaired) electrons. The molecular weight excluding hydrogens is 262 g/mol. The second-order valence-electron chi connectivity index (χ2n) is 5.01. The number of hydrogen-bond donors (Lipinski definition) is 1. The molecule has 0 spiro atoms. The monoisotopic (exact) mass is 283 g/mol. The van der Waals surface area contributed by atoms with Gasteiger partial charge in [0.1, 0.15) is 5.69 Å². The van der Waals surface area contributed by atoms with Crippen LogP contribution in [0.15, 0.2) is 5.38 Å². The summed E-state index contributed by atoms with van der Waals surface area (Å²) in [6.07, 6.45) is 1.75. The Labute approximate surface area is 118 Å². The molecule has 0 aliphatic carbocycles. The fraction of sp³-hybridized carbons (Fsp3) is 0.692. The van der Waals surface area contributed by atoms with Gasteiger partial charge in [-0.15, -0.1) is 11.3 Å². The molecule has 1 N–H and O–H groups in total.